The predicted octanol–water partition coefficient (Wildman–Crippen LogP) is 3.72. The van der Waals surface area contributed by atoms with Crippen LogP contribution in [0.3, 0.4) is 0 Å². The van der Waals surface area contributed by atoms with Crippen LogP contribution in [-0.4, -0.2) is 37.0 Å². The Bertz CT molecular complexity index is 475. The first-order chi connectivity index (χ1) is 10.7. The Hall–Kier alpha value is -0.870. The summed E-state index contributed by atoms with van der Waals surface area (Å²) in [7, 11) is 0. The molecule has 1 aliphatic rings. The molecule has 0 radical (unpaired) electrons. The molecule has 1 aliphatic heterocycles. The van der Waals surface area contributed by atoms with Gasteiger partial charge in [0.2, 0.25) is 0 Å². The molecule has 3 nitrogen and oxygen atoms in total. The van der Waals surface area contributed by atoms with E-state index in [9.17, 15) is 4.79 Å². The van der Waals surface area contributed by atoms with Crippen molar-refractivity contribution in [2.45, 2.75) is 52.9 Å². The molecule has 1 aromatic rings. The van der Waals surface area contributed by atoms with Gasteiger partial charge in [-0.2, -0.15) is 0 Å². The summed E-state index contributed by atoms with van der Waals surface area (Å²) in [4.78, 5) is 17.1. The number of carbonyl (C=O) groups is 1. The van der Waals surface area contributed by atoms with Crippen LogP contribution in [0.15, 0.2) is 6.07 Å². The Balaban J connectivity index is 1.95. The summed E-state index contributed by atoms with van der Waals surface area (Å²) in [5.41, 5.74) is 1.37. The summed E-state index contributed by atoms with van der Waals surface area (Å²) in [6.45, 7) is 10.5. The molecule has 1 amide bonds. The monoisotopic (exact) mass is 322 g/mol. The van der Waals surface area contributed by atoms with E-state index in [1.807, 2.05) is 0 Å². The van der Waals surface area contributed by atoms with Gasteiger partial charge in [0.15, 0.2) is 0 Å². The minimum absolute atomic E-state index is 0.254. The van der Waals surface area contributed by atoms with Crippen molar-refractivity contribution >= 4 is 17.2 Å². The van der Waals surface area contributed by atoms with E-state index in [0.717, 1.165) is 69.1 Å². The van der Waals surface area contributed by atoms with Crippen molar-refractivity contribution < 1.29 is 4.79 Å². The van der Waals surface area contributed by atoms with E-state index >= 15 is 0 Å². The SMILES string of the molecule is CCCc1sc(C(=O)N2CCC(CNCC)CC2)cc1CC. The number of aryl methyl sites for hydroxylation is 2. The van der Waals surface area contributed by atoms with E-state index in [-0.39, 0.29) is 5.91 Å². The van der Waals surface area contributed by atoms with Gasteiger partial charge in [0.1, 0.15) is 0 Å². The number of likely N-dealkylation sites (tertiary alicyclic amines) is 1. The van der Waals surface area contributed by atoms with Crippen molar-refractivity contribution in [2.24, 2.45) is 5.92 Å². The first-order valence-corrected chi connectivity index (χ1v) is 9.62. The summed E-state index contributed by atoms with van der Waals surface area (Å²) >= 11 is 1.72. The first-order valence-electron chi connectivity index (χ1n) is 8.81. The van der Waals surface area contributed by atoms with Crippen LogP contribution in [0.1, 0.15) is 60.1 Å². The number of hydrogen-bond acceptors (Lipinski definition) is 3. The number of piperidine rings is 1. The van der Waals surface area contributed by atoms with E-state index in [1.54, 1.807) is 11.3 Å². The molecule has 0 saturated carbocycles. The molecule has 0 aliphatic carbocycles. The van der Waals surface area contributed by atoms with Crippen LogP contribution in [0, 0.1) is 5.92 Å². The summed E-state index contributed by atoms with van der Waals surface area (Å²) < 4.78 is 0. The first kappa shape index (κ1) is 17.5. The summed E-state index contributed by atoms with van der Waals surface area (Å²) in [5, 5.41) is 3.42. The molecule has 0 spiro atoms. The number of rotatable bonds is 7. The molecule has 2 heterocycles. The topological polar surface area (TPSA) is 32.3 Å². The van der Waals surface area contributed by atoms with Crippen LogP contribution in [0.25, 0.3) is 0 Å². The number of nitrogens with zero attached hydrogens (tertiary/aromatic N) is 1. The predicted molar refractivity (Wildman–Crippen MR) is 94.9 cm³/mol. The summed E-state index contributed by atoms with van der Waals surface area (Å²) in [5.74, 6) is 0.984. The highest BCUT2D eigenvalue weighted by atomic mass is 32.1. The van der Waals surface area contributed by atoms with Gasteiger partial charge < -0.3 is 10.2 Å². The fourth-order valence-electron chi connectivity index (χ4n) is 3.15. The highest BCUT2D eigenvalue weighted by Crippen LogP contribution is 2.27. The van der Waals surface area contributed by atoms with Crippen molar-refractivity contribution in [3.05, 3.63) is 21.4 Å². The third kappa shape index (κ3) is 4.32. The van der Waals surface area contributed by atoms with Gasteiger partial charge in [0.05, 0.1) is 4.88 Å². The molecule has 2 rings (SSSR count). The zero-order valence-corrected chi connectivity index (χ0v) is 15.1. The van der Waals surface area contributed by atoms with Gasteiger partial charge in [-0.25, -0.2) is 0 Å². The zero-order valence-electron chi connectivity index (χ0n) is 14.3. The van der Waals surface area contributed by atoms with Gasteiger partial charge in [-0.3, -0.25) is 4.79 Å². The molecule has 0 bridgehead atoms. The fraction of sp³-hybridized carbons (Fsp3) is 0.722. The molecule has 1 N–H and O–H groups in total. The lowest BCUT2D eigenvalue weighted by molar-refractivity contribution is 0.0695. The molecule has 1 saturated heterocycles. The lowest BCUT2D eigenvalue weighted by atomic mass is 9.96. The largest absolute Gasteiger partial charge is 0.338 e. The molecule has 4 heteroatoms. The van der Waals surface area contributed by atoms with Crippen LogP contribution in [0.2, 0.25) is 0 Å². The average Bonchev–Trinajstić information content (AvgIpc) is 2.96. The number of hydrogen-bond donors (Lipinski definition) is 1. The van der Waals surface area contributed by atoms with Gasteiger partial charge >= 0.3 is 0 Å². The smallest absolute Gasteiger partial charge is 0.263 e. The average molecular weight is 323 g/mol. The summed E-state index contributed by atoms with van der Waals surface area (Å²) in [6, 6.07) is 2.14. The van der Waals surface area contributed by atoms with Crippen molar-refractivity contribution in [1.82, 2.24) is 10.2 Å². The summed E-state index contributed by atoms with van der Waals surface area (Å²) in [6.07, 6.45) is 5.55. The van der Waals surface area contributed by atoms with Crippen molar-refractivity contribution in [3.8, 4) is 0 Å². The number of nitrogens with one attached hydrogen (secondary N) is 1. The highest BCUT2D eigenvalue weighted by molar-refractivity contribution is 7.14. The Morgan fingerprint density at radius 2 is 2.05 bits per heavy atom. The van der Waals surface area contributed by atoms with Crippen LogP contribution in [0.4, 0.5) is 0 Å². The van der Waals surface area contributed by atoms with Crippen LogP contribution >= 0.6 is 11.3 Å². The van der Waals surface area contributed by atoms with E-state index in [2.05, 4.69) is 37.1 Å². The minimum atomic E-state index is 0.254. The molecule has 0 aromatic carbocycles. The second kappa shape index (κ2) is 8.68. The van der Waals surface area contributed by atoms with Gasteiger partial charge in [-0.05, 0) is 56.3 Å². The molecular weight excluding hydrogens is 292 g/mol. The normalized spacial score (nSPS) is 16.2. The molecule has 1 fully saturated rings. The quantitative estimate of drug-likeness (QED) is 0.829. The van der Waals surface area contributed by atoms with Gasteiger partial charge in [-0.15, -0.1) is 11.3 Å². The zero-order chi connectivity index (χ0) is 15.9. The van der Waals surface area contributed by atoms with Gasteiger partial charge in [0, 0.05) is 18.0 Å². The standard InChI is InChI=1S/C18H30N2OS/c1-4-7-16-15(5-2)12-17(22-16)18(21)20-10-8-14(9-11-20)13-19-6-3/h12,14,19H,4-11,13H2,1-3H3. The lowest BCUT2D eigenvalue weighted by Crippen LogP contribution is -2.40. The minimum Gasteiger partial charge on any atom is -0.338 e. The Kier molecular flexibility index (Phi) is 6.90. The second-order valence-electron chi connectivity index (χ2n) is 6.21. The maximum atomic E-state index is 12.7. The van der Waals surface area contributed by atoms with Crippen molar-refractivity contribution in [3.63, 3.8) is 0 Å². The molecular formula is C18H30N2OS. The molecule has 1 aromatic heterocycles. The molecule has 0 atom stereocenters. The van der Waals surface area contributed by atoms with E-state index in [4.69, 9.17) is 0 Å². The molecule has 0 unspecified atom stereocenters. The number of carbonyl (C=O) groups excluding carboxylic acids is 1. The molecule has 22 heavy (non-hydrogen) atoms. The van der Waals surface area contributed by atoms with Crippen molar-refractivity contribution in [1.29, 1.82) is 0 Å². The Labute approximate surface area is 139 Å². The highest BCUT2D eigenvalue weighted by Gasteiger charge is 2.25. The number of thiophene rings is 1. The fourth-order valence-corrected chi connectivity index (χ4v) is 4.48. The Morgan fingerprint density at radius 3 is 2.64 bits per heavy atom. The van der Waals surface area contributed by atoms with Crippen LogP contribution in [-0.2, 0) is 12.8 Å². The van der Waals surface area contributed by atoms with Crippen LogP contribution < -0.4 is 5.32 Å². The second-order valence-corrected chi connectivity index (χ2v) is 7.34. The van der Waals surface area contributed by atoms with E-state index < -0.39 is 0 Å². The van der Waals surface area contributed by atoms with Crippen molar-refractivity contribution in [2.75, 3.05) is 26.2 Å². The lowest BCUT2D eigenvalue weighted by Gasteiger charge is -2.31. The van der Waals surface area contributed by atoms with E-state index in [0.29, 0.717) is 0 Å². The maximum absolute atomic E-state index is 12.7. The van der Waals surface area contributed by atoms with Gasteiger partial charge in [-0.1, -0.05) is 27.2 Å². The third-order valence-electron chi connectivity index (χ3n) is 4.55. The van der Waals surface area contributed by atoms with Crippen LogP contribution in [0.5, 0.6) is 0 Å². The van der Waals surface area contributed by atoms with E-state index in [1.165, 1.54) is 10.4 Å². The third-order valence-corrected chi connectivity index (χ3v) is 5.78. The number of amides is 1. The Morgan fingerprint density at radius 1 is 1.32 bits per heavy atom. The van der Waals surface area contributed by atoms with Gasteiger partial charge in [0.25, 0.3) is 5.91 Å². The molecule has 124 valence electrons. The maximum Gasteiger partial charge on any atom is 0.263 e.